The summed E-state index contributed by atoms with van der Waals surface area (Å²) in [5.74, 6) is 0.641. The van der Waals surface area contributed by atoms with Gasteiger partial charge in [0.15, 0.2) is 5.88 Å². The predicted molar refractivity (Wildman–Crippen MR) is 144 cm³/mol. The third-order valence-electron chi connectivity index (χ3n) is 7.47. The number of carbonyl (C=O) groups excluding carboxylic acids is 2. The minimum Gasteiger partial charge on any atom is -0.474 e. The molecule has 2 aromatic rings. The number of amides is 2. The van der Waals surface area contributed by atoms with E-state index >= 15 is 0 Å². The van der Waals surface area contributed by atoms with Crippen LogP contribution in [0.15, 0.2) is 54.9 Å². The lowest BCUT2D eigenvalue weighted by Crippen LogP contribution is -2.52. The van der Waals surface area contributed by atoms with Gasteiger partial charge in [0.2, 0.25) is 5.91 Å². The fourth-order valence-corrected chi connectivity index (χ4v) is 5.85. The minimum atomic E-state index is -0.643. The Bertz CT molecular complexity index is 1290. The van der Waals surface area contributed by atoms with E-state index in [2.05, 4.69) is 23.3 Å². The largest absolute Gasteiger partial charge is 0.474 e. The summed E-state index contributed by atoms with van der Waals surface area (Å²) in [6, 6.07) is 15.3. The molecule has 2 aromatic carbocycles. The molecule has 4 atom stereocenters. The average Bonchev–Trinajstić information content (AvgIpc) is 3.49. The smallest absolute Gasteiger partial charge is 0.411 e. The monoisotopic (exact) mass is 514 g/mol. The fraction of sp³-hybridized carbons (Fsp3) is 0.433. The quantitative estimate of drug-likeness (QED) is 0.498. The summed E-state index contributed by atoms with van der Waals surface area (Å²) >= 11 is 0. The van der Waals surface area contributed by atoms with E-state index in [4.69, 9.17) is 9.47 Å². The molecule has 0 aromatic heterocycles. The van der Waals surface area contributed by atoms with Crippen LogP contribution in [-0.4, -0.2) is 40.6 Å². The highest BCUT2D eigenvalue weighted by molar-refractivity contribution is 5.88. The number of ether oxygens (including phenoxy) is 2. The van der Waals surface area contributed by atoms with Crippen LogP contribution in [-0.2, 0) is 27.3 Å². The van der Waals surface area contributed by atoms with Gasteiger partial charge in [-0.3, -0.25) is 10.1 Å². The Kier molecular flexibility index (Phi) is 6.78. The second-order valence-electron chi connectivity index (χ2n) is 11.4. The molecule has 0 unspecified atom stereocenters. The molecule has 2 amide bonds. The highest BCUT2D eigenvalue weighted by atomic mass is 16.5. The number of rotatable bonds is 7. The highest BCUT2D eigenvalue weighted by Crippen LogP contribution is 2.45. The number of carbonyl (C=O) groups is 2. The molecule has 38 heavy (non-hydrogen) atoms. The zero-order chi connectivity index (χ0) is 27.0. The molecule has 2 heterocycles. The molecule has 2 fully saturated rings. The molecule has 8 heteroatoms. The Morgan fingerprint density at radius 2 is 1.97 bits per heavy atom. The van der Waals surface area contributed by atoms with Crippen LogP contribution < -0.4 is 10.6 Å². The van der Waals surface area contributed by atoms with Crippen LogP contribution in [0.3, 0.4) is 0 Å². The van der Waals surface area contributed by atoms with Crippen molar-refractivity contribution in [3.63, 3.8) is 0 Å². The number of hydrogen-bond acceptors (Lipinski definition) is 6. The first-order chi connectivity index (χ1) is 18.1. The van der Waals surface area contributed by atoms with Gasteiger partial charge in [0.1, 0.15) is 24.3 Å². The van der Waals surface area contributed by atoms with Crippen molar-refractivity contribution >= 4 is 17.7 Å². The van der Waals surface area contributed by atoms with E-state index in [0.717, 1.165) is 47.2 Å². The van der Waals surface area contributed by atoms with Crippen molar-refractivity contribution < 1.29 is 19.1 Å². The van der Waals surface area contributed by atoms with Gasteiger partial charge in [0, 0.05) is 18.0 Å². The van der Waals surface area contributed by atoms with Crippen LogP contribution in [0.4, 0.5) is 10.5 Å². The Morgan fingerprint density at radius 1 is 1.24 bits per heavy atom. The van der Waals surface area contributed by atoms with Crippen molar-refractivity contribution in [3.8, 4) is 17.2 Å². The topological polar surface area (TPSA) is 104 Å². The summed E-state index contributed by atoms with van der Waals surface area (Å²) in [6.45, 7) is 10.3. The molecule has 1 saturated heterocycles. The molecule has 5 rings (SSSR count). The van der Waals surface area contributed by atoms with E-state index in [-0.39, 0.29) is 30.5 Å². The average molecular weight is 515 g/mol. The summed E-state index contributed by atoms with van der Waals surface area (Å²) in [7, 11) is 0. The summed E-state index contributed by atoms with van der Waals surface area (Å²) in [5.41, 5.74) is 4.26. The number of nitriles is 1. The molecule has 2 bridgehead atoms. The number of likely N-dealkylation sites (tertiary alicyclic amines) is 1. The van der Waals surface area contributed by atoms with Crippen molar-refractivity contribution in [2.75, 3.05) is 5.32 Å². The van der Waals surface area contributed by atoms with Gasteiger partial charge in [-0.2, -0.15) is 5.26 Å². The number of anilines is 1. The molecule has 1 saturated carbocycles. The summed E-state index contributed by atoms with van der Waals surface area (Å²) in [6.07, 6.45) is 2.95. The number of nitrogens with one attached hydrogen (secondary N) is 2. The van der Waals surface area contributed by atoms with E-state index in [1.807, 2.05) is 68.1 Å². The van der Waals surface area contributed by atoms with Gasteiger partial charge in [0.25, 0.3) is 0 Å². The maximum Gasteiger partial charge on any atom is 0.411 e. The van der Waals surface area contributed by atoms with Gasteiger partial charge >= 0.3 is 6.09 Å². The lowest BCUT2D eigenvalue weighted by molar-refractivity contribution is -0.130. The second-order valence-corrected chi connectivity index (χ2v) is 11.4. The summed E-state index contributed by atoms with van der Waals surface area (Å²) in [4.78, 5) is 26.9. The van der Waals surface area contributed by atoms with Crippen LogP contribution in [0.2, 0.25) is 0 Å². The van der Waals surface area contributed by atoms with Gasteiger partial charge in [0.05, 0.1) is 11.8 Å². The number of nitrogens with zero attached hydrogens (tertiary/aromatic N) is 2. The minimum absolute atomic E-state index is 0.137. The fourth-order valence-electron chi connectivity index (χ4n) is 5.85. The predicted octanol–water partition coefficient (Wildman–Crippen LogP) is 5.11. The van der Waals surface area contributed by atoms with Crippen LogP contribution in [0.1, 0.15) is 51.2 Å². The van der Waals surface area contributed by atoms with Gasteiger partial charge in [-0.05, 0) is 81.4 Å². The molecule has 2 aliphatic heterocycles. The van der Waals surface area contributed by atoms with Crippen LogP contribution >= 0.6 is 0 Å². The first kappa shape index (κ1) is 25.7. The standard InChI is InChI=1S/C30H34N4O4/c1-18(38-30(2,3)4)34-25-11-9-22(15-25)27(34)28(35)32-24(16-31)13-19-5-7-20(8-6-19)21-10-12-26-23(14-21)17-37-29(36)33-26/h5-8,10,12,14,22,24-25,27H,1,9,11,13,15,17H2,2-4H3,(H,32,35)(H,33,36)/t22-,24-,25+,27-/m0/s1. The summed E-state index contributed by atoms with van der Waals surface area (Å²) in [5, 5.41) is 15.5. The molecule has 0 radical (unpaired) electrons. The van der Waals surface area contributed by atoms with E-state index in [9.17, 15) is 14.9 Å². The number of cyclic esters (lactones) is 1. The van der Waals surface area contributed by atoms with Crippen molar-refractivity contribution in [1.29, 1.82) is 5.26 Å². The van der Waals surface area contributed by atoms with E-state index in [1.165, 1.54) is 0 Å². The van der Waals surface area contributed by atoms with Crippen molar-refractivity contribution in [3.05, 3.63) is 66.1 Å². The van der Waals surface area contributed by atoms with E-state index in [0.29, 0.717) is 12.3 Å². The van der Waals surface area contributed by atoms with Crippen LogP contribution in [0.25, 0.3) is 11.1 Å². The van der Waals surface area contributed by atoms with Crippen LogP contribution in [0, 0.1) is 17.2 Å². The maximum atomic E-state index is 13.4. The Morgan fingerprint density at radius 3 is 2.68 bits per heavy atom. The molecule has 3 aliphatic rings. The lowest BCUT2D eigenvalue weighted by atomic mass is 9.96. The van der Waals surface area contributed by atoms with Gasteiger partial charge in [-0.25, -0.2) is 4.79 Å². The Hall–Kier alpha value is -3.99. The zero-order valence-corrected chi connectivity index (χ0v) is 22.1. The van der Waals surface area contributed by atoms with Gasteiger partial charge in [-0.15, -0.1) is 0 Å². The van der Waals surface area contributed by atoms with Crippen molar-refractivity contribution in [2.24, 2.45) is 5.92 Å². The molecular formula is C30H34N4O4. The van der Waals surface area contributed by atoms with E-state index in [1.54, 1.807) is 0 Å². The molecule has 2 N–H and O–H groups in total. The van der Waals surface area contributed by atoms with Crippen molar-refractivity contribution in [2.45, 2.75) is 76.8 Å². The molecule has 1 aliphatic carbocycles. The molecule has 8 nitrogen and oxygen atoms in total. The Balaban J connectivity index is 1.24. The molecular weight excluding hydrogens is 480 g/mol. The van der Waals surface area contributed by atoms with Crippen molar-refractivity contribution in [1.82, 2.24) is 10.2 Å². The molecule has 0 spiro atoms. The van der Waals surface area contributed by atoms with E-state index < -0.39 is 17.7 Å². The van der Waals surface area contributed by atoms with Gasteiger partial charge in [-0.1, -0.05) is 30.3 Å². The third-order valence-corrected chi connectivity index (χ3v) is 7.47. The summed E-state index contributed by atoms with van der Waals surface area (Å²) < 4.78 is 11.1. The zero-order valence-electron chi connectivity index (χ0n) is 22.1. The first-order valence-corrected chi connectivity index (χ1v) is 13.1. The van der Waals surface area contributed by atoms with Gasteiger partial charge < -0.3 is 19.7 Å². The number of piperidine rings is 1. The van der Waals surface area contributed by atoms with Crippen LogP contribution in [0.5, 0.6) is 0 Å². The number of benzene rings is 2. The second kappa shape index (κ2) is 10.1. The third kappa shape index (κ3) is 5.33. The number of hydrogen-bond donors (Lipinski definition) is 2. The SMILES string of the molecule is C=C(OC(C)(C)C)N1[C@@H]2CC[C@@H](C2)[C@H]1C(=O)N[C@H](C#N)Cc1ccc(-c2ccc3c(c2)COC(=O)N3)cc1. The maximum absolute atomic E-state index is 13.4. The normalized spacial score (nSPS) is 22.5. The number of fused-ring (bicyclic) bond motifs is 3. The first-order valence-electron chi connectivity index (χ1n) is 13.1. The Labute approximate surface area is 223 Å². The lowest BCUT2D eigenvalue weighted by Gasteiger charge is -2.39. The molecule has 198 valence electrons. The highest BCUT2D eigenvalue weighted by Gasteiger charge is 2.50.